The van der Waals surface area contributed by atoms with Gasteiger partial charge in [-0.05, 0) is 0 Å². The molecule has 0 atom stereocenters. The zero-order valence-electron chi connectivity index (χ0n) is 6.57. The van der Waals surface area contributed by atoms with Crippen molar-refractivity contribution in [1.29, 1.82) is 5.26 Å². The van der Waals surface area contributed by atoms with Crippen LogP contribution >= 0.6 is 0 Å². The van der Waals surface area contributed by atoms with Gasteiger partial charge in [-0.2, -0.15) is 0 Å². The average Bonchev–Trinajstić information content (AvgIpc) is 1.84. The third-order valence-corrected chi connectivity index (χ3v) is 2.17. The Morgan fingerprint density at radius 1 is 1.60 bits per heavy atom. The monoisotopic (exact) mass is 333 g/mol. The predicted molar refractivity (Wildman–Crippen MR) is 42.4 cm³/mol. The van der Waals surface area contributed by atoms with Gasteiger partial charge in [-0.3, -0.25) is 0 Å². The summed E-state index contributed by atoms with van der Waals surface area (Å²) in [7, 11) is 0. The first kappa shape index (κ1) is 10.4. The molecular formula is C7H13N2Pb. The van der Waals surface area contributed by atoms with Gasteiger partial charge in [0.05, 0.1) is 0 Å². The summed E-state index contributed by atoms with van der Waals surface area (Å²) < 4.78 is 3.25. The van der Waals surface area contributed by atoms with Crippen molar-refractivity contribution in [2.75, 3.05) is 6.54 Å². The van der Waals surface area contributed by atoms with E-state index >= 15 is 0 Å². The number of nitrogens with one attached hydrogen (secondary N) is 1. The second-order valence-corrected chi connectivity index (χ2v) is 4.55. The van der Waals surface area contributed by atoms with Crippen molar-refractivity contribution >= 4 is 26.1 Å². The van der Waals surface area contributed by atoms with Gasteiger partial charge in [-0.15, -0.1) is 0 Å². The van der Waals surface area contributed by atoms with E-state index in [1.807, 2.05) is 0 Å². The molecule has 10 heavy (non-hydrogen) atoms. The zero-order valence-corrected chi connectivity index (χ0v) is 10.5. The van der Waals surface area contributed by atoms with Gasteiger partial charge in [0, 0.05) is 0 Å². The predicted octanol–water partition coefficient (Wildman–Crippen LogP) is 0.989. The van der Waals surface area contributed by atoms with Gasteiger partial charge < -0.3 is 0 Å². The number of rotatable bonds is 4. The fourth-order valence-electron chi connectivity index (χ4n) is 0.722. The summed E-state index contributed by atoms with van der Waals surface area (Å²) in [5, 5.41) is 8.34. The van der Waals surface area contributed by atoms with Crippen LogP contribution in [0, 0.1) is 16.7 Å². The van der Waals surface area contributed by atoms with Crippen molar-refractivity contribution in [1.82, 2.24) is 3.13 Å². The summed E-state index contributed by atoms with van der Waals surface area (Å²) in [6, 6.07) is 2.17. The summed E-state index contributed by atoms with van der Waals surface area (Å²) >= 11 is 1.05. The summed E-state index contributed by atoms with van der Waals surface area (Å²) in [6.07, 6.45) is 1.68. The van der Waals surface area contributed by atoms with Crippen molar-refractivity contribution in [3.8, 4) is 6.07 Å². The van der Waals surface area contributed by atoms with Crippen LogP contribution in [0.5, 0.6) is 0 Å². The Balaban J connectivity index is 3.54. The van der Waals surface area contributed by atoms with Gasteiger partial charge >= 0.3 is 79.2 Å². The van der Waals surface area contributed by atoms with Crippen molar-refractivity contribution < 1.29 is 0 Å². The van der Waals surface area contributed by atoms with Crippen LogP contribution in [-0.4, -0.2) is 32.6 Å². The Morgan fingerprint density at radius 2 is 2.20 bits per heavy atom. The Morgan fingerprint density at radius 3 is 2.60 bits per heavy atom. The Bertz CT molecular complexity index is 126. The molecule has 0 aliphatic rings. The zero-order chi connectivity index (χ0) is 8.04. The Labute approximate surface area is 79.1 Å². The van der Waals surface area contributed by atoms with E-state index in [1.54, 1.807) is 0 Å². The van der Waals surface area contributed by atoms with Crippen LogP contribution in [0.1, 0.15) is 26.7 Å². The summed E-state index contributed by atoms with van der Waals surface area (Å²) in [6.45, 7) is 5.42. The average molecular weight is 332 g/mol. The maximum atomic E-state index is 8.34. The van der Waals surface area contributed by atoms with E-state index in [9.17, 15) is 0 Å². The molecule has 0 unspecified atom stereocenters. The number of nitriles is 1. The van der Waals surface area contributed by atoms with Crippen LogP contribution in [0.15, 0.2) is 0 Å². The normalized spacial score (nSPS) is 11.0. The topological polar surface area (TPSA) is 35.8 Å². The van der Waals surface area contributed by atoms with Crippen molar-refractivity contribution in [2.24, 2.45) is 5.41 Å². The minimum atomic E-state index is 0.303. The van der Waals surface area contributed by atoms with Gasteiger partial charge in [-0.25, -0.2) is 0 Å². The summed E-state index contributed by atoms with van der Waals surface area (Å²) in [5.74, 6) is 0. The van der Waals surface area contributed by atoms with E-state index < -0.39 is 0 Å². The molecule has 0 bridgehead atoms. The van der Waals surface area contributed by atoms with E-state index in [0.717, 1.165) is 39.0 Å². The molecule has 3 radical (unpaired) electrons. The molecule has 0 aliphatic carbocycles. The first-order valence-corrected chi connectivity index (χ1v) is 5.33. The molecule has 3 heteroatoms. The molecule has 0 spiro atoms. The fraction of sp³-hybridized carbons (Fsp3) is 0.857. The number of hydrogen-bond acceptors (Lipinski definition) is 2. The van der Waals surface area contributed by atoms with Crippen LogP contribution in [0.25, 0.3) is 0 Å². The van der Waals surface area contributed by atoms with Crippen LogP contribution in [0.3, 0.4) is 0 Å². The number of nitrogens with zero attached hydrogens (tertiary/aromatic N) is 1. The first-order chi connectivity index (χ1) is 4.62. The molecule has 0 fully saturated rings. The molecule has 0 aromatic heterocycles. The summed E-state index contributed by atoms with van der Waals surface area (Å²) in [4.78, 5) is 0. The fourth-order valence-corrected chi connectivity index (χ4v) is 2.58. The minimum absolute atomic E-state index is 0.303. The van der Waals surface area contributed by atoms with Crippen molar-refractivity contribution in [3.63, 3.8) is 0 Å². The third-order valence-electron chi connectivity index (χ3n) is 1.48. The molecule has 0 saturated heterocycles. The molecule has 0 aliphatic heterocycles. The van der Waals surface area contributed by atoms with Gasteiger partial charge in [-0.1, -0.05) is 0 Å². The molecule has 0 aromatic carbocycles. The Hall–Kier alpha value is 0.372. The van der Waals surface area contributed by atoms with Crippen molar-refractivity contribution in [3.05, 3.63) is 0 Å². The molecule has 0 saturated carbocycles. The molecule has 0 heterocycles. The second kappa shape index (κ2) is 5.08. The van der Waals surface area contributed by atoms with E-state index in [1.165, 1.54) is 0 Å². The van der Waals surface area contributed by atoms with Crippen molar-refractivity contribution in [2.45, 2.75) is 26.7 Å². The second-order valence-electron chi connectivity index (χ2n) is 3.18. The third kappa shape index (κ3) is 5.18. The van der Waals surface area contributed by atoms with E-state index in [2.05, 4.69) is 23.0 Å². The molecule has 2 nitrogen and oxygen atoms in total. The van der Waals surface area contributed by atoms with E-state index in [0.29, 0.717) is 11.8 Å². The van der Waals surface area contributed by atoms with Gasteiger partial charge in [0.15, 0.2) is 0 Å². The van der Waals surface area contributed by atoms with Crippen LogP contribution < -0.4 is 3.13 Å². The molecule has 1 N–H and O–H groups in total. The summed E-state index contributed by atoms with van der Waals surface area (Å²) in [5.41, 5.74) is 0.303. The quantitative estimate of drug-likeness (QED) is 0.780. The SMILES string of the molecule is CC(C)(CCC#N)C[NH][Pb]. The molecular weight excluding hydrogens is 319 g/mol. The first-order valence-electron chi connectivity index (χ1n) is 3.39. The van der Waals surface area contributed by atoms with Crippen LogP contribution in [0.4, 0.5) is 0 Å². The molecule has 55 valence electrons. The van der Waals surface area contributed by atoms with Gasteiger partial charge in [0.2, 0.25) is 0 Å². The van der Waals surface area contributed by atoms with Gasteiger partial charge in [0.1, 0.15) is 0 Å². The van der Waals surface area contributed by atoms with Crippen LogP contribution in [-0.2, 0) is 0 Å². The van der Waals surface area contributed by atoms with Crippen LogP contribution in [0.2, 0.25) is 0 Å². The Kier molecular flexibility index (Phi) is 5.27. The standard InChI is InChI=1S/C7H13N2.Pb/c1-7(2,6-9)4-3-5-8;/h9H,3-4,6H2,1-2H3;/q-1;+1. The number of hydrogen-bond donors (Lipinski definition) is 1. The van der Waals surface area contributed by atoms with E-state index in [-0.39, 0.29) is 0 Å². The molecule has 0 aromatic rings. The maximum absolute atomic E-state index is 8.34. The molecule has 0 rings (SSSR count). The van der Waals surface area contributed by atoms with Gasteiger partial charge in [0.25, 0.3) is 0 Å². The van der Waals surface area contributed by atoms with E-state index in [4.69, 9.17) is 5.26 Å². The molecule has 0 amide bonds.